The van der Waals surface area contributed by atoms with E-state index in [1.54, 1.807) is 13.1 Å². The van der Waals surface area contributed by atoms with Crippen molar-refractivity contribution in [1.82, 2.24) is 4.98 Å². The van der Waals surface area contributed by atoms with Gasteiger partial charge in [-0.3, -0.25) is 0 Å². The molecule has 0 saturated carbocycles. The van der Waals surface area contributed by atoms with Gasteiger partial charge in [0.25, 0.3) is 0 Å². The zero-order chi connectivity index (χ0) is 15.5. The maximum Gasteiger partial charge on any atom is 0.328 e. The van der Waals surface area contributed by atoms with Crippen LogP contribution in [0, 0.1) is 0 Å². The Kier molecular flexibility index (Phi) is 3.82. The monoisotopic (exact) mass is 298 g/mol. The molecule has 0 amide bonds. The number of rotatable bonds is 4. The average Bonchev–Trinajstić information content (AvgIpc) is 2.95. The van der Waals surface area contributed by atoms with Gasteiger partial charge in [-0.15, -0.1) is 0 Å². The van der Waals surface area contributed by atoms with Crippen LogP contribution in [0.1, 0.15) is 12.5 Å². The first-order valence-electron chi connectivity index (χ1n) is 7.21. The van der Waals surface area contributed by atoms with E-state index in [0.717, 1.165) is 28.4 Å². The molecule has 4 N–H and O–H groups in total. The predicted molar refractivity (Wildman–Crippen MR) is 86.1 cm³/mol. The number of anilines is 4. The van der Waals surface area contributed by atoms with Gasteiger partial charge in [-0.05, 0) is 37.3 Å². The zero-order valence-corrected chi connectivity index (χ0v) is 12.3. The molecule has 3 rings (SSSR count). The largest absolute Gasteiger partial charge is 0.464 e. The Bertz CT molecular complexity index is 685. The summed E-state index contributed by atoms with van der Waals surface area (Å²) in [5.41, 5.74) is 9.25. The Labute approximate surface area is 128 Å². The van der Waals surface area contributed by atoms with Crippen LogP contribution in [0.5, 0.6) is 0 Å². The first-order valence-corrected chi connectivity index (χ1v) is 7.21. The van der Waals surface area contributed by atoms with E-state index in [4.69, 9.17) is 10.5 Å². The molecule has 1 unspecified atom stereocenters. The minimum atomic E-state index is -0.378. The smallest absolute Gasteiger partial charge is 0.328 e. The number of nitrogens with one attached hydrogen (secondary N) is 2. The Morgan fingerprint density at radius 1 is 1.41 bits per heavy atom. The quantitative estimate of drug-likeness (QED) is 0.593. The molecule has 1 aliphatic heterocycles. The van der Waals surface area contributed by atoms with Crippen LogP contribution in [0.3, 0.4) is 0 Å². The predicted octanol–water partition coefficient (Wildman–Crippen LogP) is 2.31. The fourth-order valence-electron chi connectivity index (χ4n) is 2.47. The van der Waals surface area contributed by atoms with Gasteiger partial charge in [0.2, 0.25) is 0 Å². The van der Waals surface area contributed by atoms with E-state index in [9.17, 15) is 4.79 Å². The van der Waals surface area contributed by atoms with Gasteiger partial charge in [-0.25, -0.2) is 9.78 Å². The van der Waals surface area contributed by atoms with Crippen molar-refractivity contribution >= 4 is 28.8 Å². The summed E-state index contributed by atoms with van der Waals surface area (Å²) in [6.07, 6.45) is 2.26. The summed E-state index contributed by atoms with van der Waals surface area (Å²) in [7, 11) is 0. The number of benzene rings is 1. The maximum atomic E-state index is 11.9. The summed E-state index contributed by atoms with van der Waals surface area (Å²) in [4.78, 5) is 16.2. The van der Waals surface area contributed by atoms with Crippen LogP contribution in [-0.4, -0.2) is 23.6 Å². The van der Waals surface area contributed by atoms with E-state index in [-0.39, 0.29) is 12.0 Å². The van der Waals surface area contributed by atoms with Gasteiger partial charge in [0.15, 0.2) is 0 Å². The lowest BCUT2D eigenvalue weighted by molar-refractivity contribution is -0.143. The van der Waals surface area contributed by atoms with Crippen molar-refractivity contribution < 1.29 is 9.53 Å². The van der Waals surface area contributed by atoms with Crippen molar-refractivity contribution in [3.05, 3.63) is 42.1 Å². The molecule has 1 aromatic heterocycles. The third kappa shape index (κ3) is 2.81. The standard InChI is InChI=1S/C16H18N4O2/c1-2-22-16(21)14-9-12-13(7-8-18-15(12)20-14)19-11-5-3-10(17)4-6-11/h3-8,14H,2,9,17H2,1H3,(H2,18,19,20). The van der Waals surface area contributed by atoms with Crippen molar-refractivity contribution in [2.45, 2.75) is 19.4 Å². The molecule has 6 heteroatoms. The van der Waals surface area contributed by atoms with Gasteiger partial charge in [0.1, 0.15) is 11.9 Å². The molecule has 2 heterocycles. The summed E-state index contributed by atoms with van der Waals surface area (Å²) in [6, 6.07) is 9.01. The van der Waals surface area contributed by atoms with Crippen LogP contribution in [-0.2, 0) is 16.0 Å². The van der Waals surface area contributed by atoms with Crippen LogP contribution in [0.15, 0.2) is 36.5 Å². The number of ether oxygens (including phenoxy) is 1. The number of carbonyl (C=O) groups is 1. The molecule has 2 aromatic rings. The lowest BCUT2D eigenvalue weighted by Gasteiger charge is -2.10. The van der Waals surface area contributed by atoms with E-state index in [1.165, 1.54) is 0 Å². The van der Waals surface area contributed by atoms with Gasteiger partial charge in [0, 0.05) is 35.2 Å². The average molecular weight is 298 g/mol. The first kappa shape index (κ1) is 14.2. The second-order valence-corrected chi connectivity index (χ2v) is 5.09. The number of hydrogen-bond donors (Lipinski definition) is 3. The Morgan fingerprint density at radius 3 is 2.91 bits per heavy atom. The molecule has 0 fully saturated rings. The number of pyridine rings is 1. The summed E-state index contributed by atoms with van der Waals surface area (Å²) < 4.78 is 5.06. The third-order valence-corrected chi connectivity index (χ3v) is 3.54. The Balaban J connectivity index is 1.80. The number of aromatic nitrogens is 1. The summed E-state index contributed by atoms with van der Waals surface area (Å²) in [5.74, 6) is 0.470. The van der Waals surface area contributed by atoms with Gasteiger partial charge in [-0.2, -0.15) is 0 Å². The number of nitrogens with zero attached hydrogens (tertiary/aromatic N) is 1. The fourth-order valence-corrected chi connectivity index (χ4v) is 2.47. The van der Waals surface area contributed by atoms with E-state index >= 15 is 0 Å². The summed E-state index contributed by atoms with van der Waals surface area (Å²) >= 11 is 0. The molecule has 1 aliphatic rings. The molecular weight excluding hydrogens is 280 g/mol. The van der Waals surface area contributed by atoms with Crippen molar-refractivity contribution in [2.75, 3.05) is 23.0 Å². The molecule has 0 bridgehead atoms. The van der Waals surface area contributed by atoms with Gasteiger partial charge in [-0.1, -0.05) is 0 Å². The number of carbonyl (C=O) groups excluding carboxylic acids is 1. The van der Waals surface area contributed by atoms with Crippen LogP contribution in [0.4, 0.5) is 22.9 Å². The molecule has 0 spiro atoms. The molecule has 0 aliphatic carbocycles. The highest BCUT2D eigenvalue weighted by molar-refractivity contribution is 5.84. The van der Waals surface area contributed by atoms with E-state index in [0.29, 0.717) is 13.0 Å². The normalized spacial score (nSPS) is 15.8. The van der Waals surface area contributed by atoms with Gasteiger partial charge >= 0.3 is 5.97 Å². The minimum absolute atomic E-state index is 0.251. The minimum Gasteiger partial charge on any atom is -0.464 e. The SMILES string of the molecule is CCOC(=O)C1Cc2c(Nc3ccc(N)cc3)ccnc2N1. The molecule has 22 heavy (non-hydrogen) atoms. The molecule has 1 atom stereocenters. The second-order valence-electron chi connectivity index (χ2n) is 5.09. The molecule has 114 valence electrons. The number of fused-ring (bicyclic) bond motifs is 1. The summed E-state index contributed by atoms with van der Waals surface area (Å²) in [6.45, 7) is 2.17. The molecule has 0 radical (unpaired) electrons. The van der Waals surface area contributed by atoms with Gasteiger partial charge in [0.05, 0.1) is 6.61 Å². The van der Waals surface area contributed by atoms with E-state index in [2.05, 4.69) is 15.6 Å². The van der Waals surface area contributed by atoms with E-state index < -0.39 is 0 Å². The molecule has 6 nitrogen and oxygen atoms in total. The topological polar surface area (TPSA) is 89.3 Å². The lowest BCUT2D eigenvalue weighted by atomic mass is 10.1. The molecular formula is C16H18N4O2. The fraction of sp³-hybridized carbons (Fsp3) is 0.250. The van der Waals surface area contributed by atoms with E-state index in [1.807, 2.05) is 30.3 Å². The first-order chi connectivity index (χ1) is 10.7. The molecule has 0 saturated heterocycles. The van der Waals surface area contributed by atoms with Gasteiger partial charge < -0.3 is 21.1 Å². The molecule has 1 aromatic carbocycles. The lowest BCUT2D eigenvalue weighted by Crippen LogP contribution is -2.29. The third-order valence-electron chi connectivity index (χ3n) is 3.54. The van der Waals surface area contributed by atoms with Crippen LogP contribution in [0.25, 0.3) is 0 Å². The number of hydrogen-bond acceptors (Lipinski definition) is 6. The summed E-state index contributed by atoms with van der Waals surface area (Å²) in [5, 5.41) is 6.44. The Hall–Kier alpha value is -2.76. The number of nitrogen functional groups attached to an aromatic ring is 1. The highest BCUT2D eigenvalue weighted by atomic mass is 16.5. The van der Waals surface area contributed by atoms with Crippen molar-refractivity contribution in [1.29, 1.82) is 0 Å². The van der Waals surface area contributed by atoms with Crippen molar-refractivity contribution in [2.24, 2.45) is 0 Å². The maximum absolute atomic E-state index is 11.9. The second kappa shape index (κ2) is 5.93. The van der Waals surface area contributed by atoms with Crippen LogP contribution < -0.4 is 16.4 Å². The van der Waals surface area contributed by atoms with Crippen LogP contribution >= 0.6 is 0 Å². The zero-order valence-electron chi connectivity index (χ0n) is 12.3. The highest BCUT2D eigenvalue weighted by Gasteiger charge is 2.30. The number of esters is 1. The Morgan fingerprint density at radius 2 is 2.18 bits per heavy atom. The highest BCUT2D eigenvalue weighted by Crippen LogP contribution is 2.32. The van der Waals surface area contributed by atoms with Crippen molar-refractivity contribution in [3.63, 3.8) is 0 Å². The van der Waals surface area contributed by atoms with Crippen LogP contribution in [0.2, 0.25) is 0 Å². The van der Waals surface area contributed by atoms with Crippen molar-refractivity contribution in [3.8, 4) is 0 Å². The number of nitrogens with two attached hydrogens (primary N) is 1.